The summed E-state index contributed by atoms with van der Waals surface area (Å²) in [6, 6.07) is 4.06. The van der Waals surface area contributed by atoms with Gasteiger partial charge in [0.1, 0.15) is 0 Å². The third kappa shape index (κ3) is 3.94. The highest BCUT2D eigenvalue weighted by atomic mass is 35.5. The van der Waals surface area contributed by atoms with Crippen molar-refractivity contribution < 1.29 is 12.6 Å². The van der Waals surface area contributed by atoms with E-state index in [9.17, 15) is 8.42 Å². The Kier molecular flexibility index (Phi) is 3.90. The second-order valence-corrected chi connectivity index (χ2v) is 6.67. The number of hydrogen-bond acceptors (Lipinski definition) is 3. The lowest BCUT2D eigenvalue weighted by Gasteiger charge is -2.18. The topological polar surface area (TPSA) is 43.4 Å². The molecular weight excluding hydrogens is 271 g/mol. The first-order valence-electron chi connectivity index (χ1n) is 4.52. The molecule has 0 aliphatic heterocycles. The molecule has 0 aromatic heterocycles. The highest BCUT2D eigenvalue weighted by Crippen LogP contribution is 2.25. The van der Waals surface area contributed by atoms with Gasteiger partial charge in [-0.3, -0.25) is 4.18 Å². The maximum atomic E-state index is 11.8. The van der Waals surface area contributed by atoms with Crippen molar-refractivity contribution in [3.8, 4) is 0 Å². The van der Waals surface area contributed by atoms with Crippen LogP contribution in [0.25, 0.3) is 0 Å². The molecule has 0 radical (unpaired) electrons. The Bertz CT molecular complexity index is 469. The zero-order chi connectivity index (χ0) is 12.6. The van der Waals surface area contributed by atoms with Crippen LogP contribution in [0.1, 0.15) is 20.8 Å². The molecule has 0 unspecified atom stereocenters. The van der Waals surface area contributed by atoms with Crippen LogP contribution in [0.4, 0.5) is 0 Å². The Morgan fingerprint density at radius 1 is 1.06 bits per heavy atom. The second kappa shape index (κ2) is 4.53. The lowest BCUT2D eigenvalue weighted by atomic mass is 10.2. The molecule has 1 aromatic rings. The number of rotatable bonds is 2. The molecule has 0 amide bonds. The lowest BCUT2D eigenvalue weighted by molar-refractivity contribution is 0.139. The van der Waals surface area contributed by atoms with E-state index in [1.54, 1.807) is 20.8 Å². The molecule has 0 spiro atoms. The molecule has 0 aliphatic carbocycles. The van der Waals surface area contributed by atoms with Gasteiger partial charge in [0.15, 0.2) is 0 Å². The smallest absolute Gasteiger partial charge is 0.261 e. The molecule has 6 heteroatoms. The molecule has 0 aliphatic rings. The van der Waals surface area contributed by atoms with Crippen molar-refractivity contribution in [1.29, 1.82) is 0 Å². The van der Waals surface area contributed by atoms with Crippen LogP contribution in [0.2, 0.25) is 10.0 Å². The first-order chi connectivity index (χ1) is 7.10. The average Bonchev–Trinajstić information content (AvgIpc) is 1.96. The van der Waals surface area contributed by atoms with E-state index >= 15 is 0 Å². The molecule has 1 rings (SSSR count). The van der Waals surface area contributed by atoms with E-state index in [1.165, 1.54) is 18.2 Å². The van der Waals surface area contributed by atoms with Gasteiger partial charge in [-0.05, 0) is 39.0 Å². The number of halogens is 2. The SMILES string of the molecule is CC(C)(C)OS(=O)(=O)c1cc(Cl)cc(Cl)c1. The van der Waals surface area contributed by atoms with Crippen LogP contribution in [0.3, 0.4) is 0 Å². The van der Waals surface area contributed by atoms with Crippen molar-refractivity contribution in [2.24, 2.45) is 0 Å². The lowest BCUT2D eigenvalue weighted by Crippen LogP contribution is -2.24. The third-order valence-corrected chi connectivity index (χ3v) is 3.45. The summed E-state index contributed by atoms with van der Waals surface area (Å²) in [7, 11) is -3.83. The van der Waals surface area contributed by atoms with E-state index in [0.717, 1.165) is 0 Å². The van der Waals surface area contributed by atoms with Crippen molar-refractivity contribution in [3.05, 3.63) is 28.2 Å². The fourth-order valence-corrected chi connectivity index (χ4v) is 3.00. The summed E-state index contributed by atoms with van der Waals surface area (Å²) in [6.07, 6.45) is 0. The van der Waals surface area contributed by atoms with Crippen LogP contribution in [0.5, 0.6) is 0 Å². The Hall–Kier alpha value is -0.290. The molecule has 16 heavy (non-hydrogen) atoms. The third-order valence-electron chi connectivity index (χ3n) is 1.48. The molecule has 90 valence electrons. The Labute approximate surface area is 105 Å². The summed E-state index contributed by atoms with van der Waals surface area (Å²) in [4.78, 5) is -0.0417. The maximum Gasteiger partial charge on any atom is 0.297 e. The van der Waals surface area contributed by atoms with Crippen molar-refractivity contribution in [1.82, 2.24) is 0 Å². The van der Waals surface area contributed by atoms with Gasteiger partial charge in [0.05, 0.1) is 10.5 Å². The van der Waals surface area contributed by atoms with Gasteiger partial charge in [0, 0.05) is 10.0 Å². The van der Waals surface area contributed by atoms with Crippen LogP contribution < -0.4 is 0 Å². The summed E-state index contributed by atoms with van der Waals surface area (Å²) in [6.45, 7) is 4.95. The summed E-state index contributed by atoms with van der Waals surface area (Å²) < 4.78 is 28.6. The summed E-state index contributed by atoms with van der Waals surface area (Å²) in [5.74, 6) is 0. The van der Waals surface area contributed by atoms with Gasteiger partial charge >= 0.3 is 0 Å². The monoisotopic (exact) mass is 282 g/mol. The fraction of sp³-hybridized carbons (Fsp3) is 0.400. The first-order valence-corrected chi connectivity index (χ1v) is 6.68. The molecule has 3 nitrogen and oxygen atoms in total. The molecule has 0 fully saturated rings. The molecule has 0 N–H and O–H groups in total. The minimum atomic E-state index is -3.83. The van der Waals surface area contributed by atoms with Gasteiger partial charge in [0.2, 0.25) is 0 Å². The summed E-state index contributed by atoms with van der Waals surface area (Å²) >= 11 is 11.4. The molecular formula is C10H12Cl2O3S. The van der Waals surface area contributed by atoms with Crippen LogP contribution in [0.15, 0.2) is 23.1 Å². The first kappa shape index (κ1) is 13.8. The van der Waals surface area contributed by atoms with E-state index in [2.05, 4.69) is 0 Å². The van der Waals surface area contributed by atoms with Crippen LogP contribution in [0, 0.1) is 0 Å². The summed E-state index contributed by atoms with van der Waals surface area (Å²) in [5, 5.41) is 0.507. The van der Waals surface area contributed by atoms with Gasteiger partial charge in [-0.1, -0.05) is 23.2 Å². The van der Waals surface area contributed by atoms with Gasteiger partial charge in [-0.25, -0.2) is 0 Å². The van der Waals surface area contributed by atoms with Crippen LogP contribution in [-0.2, 0) is 14.3 Å². The Morgan fingerprint density at radius 3 is 1.88 bits per heavy atom. The quantitative estimate of drug-likeness (QED) is 0.780. The molecule has 0 saturated heterocycles. The van der Waals surface area contributed by atoms with Crippen LogP contribution >= 0.6 is 23.2 Å². The predicted molar refractivity (Wildman–Crippen MR) is 64.5 cm³/mol. The number of hydrogen-bond donors (Lipinski definition) is 0. The van der Waals surface area contributed by atoms with Crippen molar-refractivity contribution in [2.75, 3.05) is 0 Å². The fourth-order valence-electron chi connectivity index (χ4n) is 1.05. The molecule has 0 saturated carbocycles. The van der Waals surface area contributed by atoms with Crippen LogP contribution in [-0.4, -0.2) is 14.0 Å². The second-order valence-electron chi connectivity index (χ2n) is 4.25. The Morgan fingerprint density at radius 2 is 1.50 bits per heavy atom. The zero-order valence-electron chi connectivity index (χ0n) is 9.12. The highest BCUT2D eigenvalue weighted by Gasteiger charge is 2.24. The zero-order valence-corrected chi connectivity index (χ0v) is 11.4. The van der Waals surface area contributed by atoms with E-state index in [-0.39, 0.29) is 14.9 Å². The molecule has 0 bridgehead atoms. The van der Waals surface area contributed by atoms with Crippen molar-refractivity contribution >= 4 is 33.3 Å². The van der Waals surface area contributed by atoms with Gasteiger partial charge in [-0.2, -0.15) is 8.42 Å². The van der Waals surface area contributed by atoms with E-state index in [0.29, 0.717) is 0 Å². The molecule has 1 aromatic carbocycles. The number of benzene rings is 1. The minimum absolute atomic E-state index is 0.0417. The van der Waals surface area contributed by atoms with Gasteiger partial charge in [-0.15, -0.1) is 0 Å². The van der Waals surface area contributed by atoms with Gasteiger partial charge < -0.3 is 0 Å². The largest absolute Gasteiger partial charge is 0.297 e. The molecule has 0 atom stereocenters. The normalized spacial score (nSPS) is 12.8. The summed E-state index contributed by atoms with van der Waals surface area (Å²) in [5.41, 5.74) is -0.798. The Balaban J connectivity index is 3.18. The maximum absolute atomic E-state index is 11.8. The van der Waals surface area contributed by atoms with E-state index in [1.807, 2.05) is 0 Å². The average molecular weight is 283 g/mol. The van der Waals surface area contributed by atoms with Crippen molar-refractivity contribution in [2.45, 2.75) is 31.3 Å². The van der Waals surface area contributed by atoms with E-state index in [4.69, 9.17) is 27.4 Å². The van der Waals surface area contributed by atoms with E-state index < -0.39 is 15.7 Å². The standard InChI is InChI=1S/C10H12Cl2O3S/c1-10(2,3)15-16(13,14)9-5-7(11)4-8(12)6-9/h4-6H,1-3H3. The van der Waals surface area contributed by atoms with Gasteiger partial charge in [0.25, 0.3) is 10.1 Å². The highest BCUT2D eigenvalue weighted by molar-refractivity contribution is 7.86. The minimum Gasteiger partial charge on any atom is -0.261 e. The van der Waals surface area contributed by atoms with Crippen molar-refractivity contribution in [3.63, 3.8) is 0 Å². The molecule has 0 heterocycles. The predicted octanol–water partition coefficient (Wildman–Crippen LogP) is 3.50.